The maximum Gasteiger partial charge on any atom is 0.410 e. The van der Waals surface area contributed by atoms with Gasteiger partial charge in [0.1, 0.15) is 5.60 Å². The molecule has 0 aromatic rings. The van der Waals surface area contributed by atoms with Gasteiger partial charge >= 0.3 is 6.09 Å². The normalized spacial score (nSPS) is 27.4. The van der Waals surface area contributed by atoms with Crippen molar-refractivity contribution in [3.63, 3.8) is 0 Å². The molecule has 1 amide bonds. The molecule has 0 aliphatic carbocycles. The summed E-state index contributed by atoms with van der Waals surface area (Å²) < 4.78 is 11.1. The zero-order valence-electron chi connectivity index (χ0n) is 15.3. The van der Waals surface area contributed by atoms with Gasteiger partial charge in [0, 0.05) is 19.7 Å². The van der Waals surface area contributed by atoms with Gasteiger partial charge in [0.2, 0.25) is 0 Å². The number of likely N-dealkylation sites (tertiary alicyclic amines) is 2. The van der Waals surface area contributed by atoms with Crippen LogP contribution in [0.1, 0.15) is 40.5 Å². The highest BCUT2D eigenvalue weighted by molar-refractivity contribution is 5.68. The number of piperidine rings is 1. The lowest BCUT2D eigenvalue weighted by molar-refractivity contribution is 0.0252. The van der Waals surface area contributed by atoms with E-state index in [4.69, 9.17) is 9.47 Å². The summed E-state index contributed by atoms with van der Waals surface area (Å²) >= 11 is 0. The van der Waals surface area contributed by atoms with Crippen LogP contribution < -0.4 is 5.32 Å². The number of rotatable bonds is 4. The number of amides is 1. The van der Waals surface area contributed by atoms with E-state index < -0.39 is 5.60 Å². The second kappa shape index (κ2) is 7.81. The first-order chi connectivity index (χ1) is 10.8. The molecular formula is C17H33N3O3. The number of carbonyl (C=O) groups is 1. The predicted octanol–water partition coefficient (Wildman–Crippen LogP) is 1.69. The summed E-state index contributed by atoms with van der Waals surface area (Å²) in [6.07, 6.45) is 2.11. The Bertz CT molecular complexity index is 389. The number of nitrogens with zero attached hydrogens (tertiary/aromatic N) is 2. The number of hydrogen-bond donors (Lipinski definition) is 1. The molecule has 0 saturated carbocycles. The van der Waals surface area contributed by atoms with E-state index >= 15 is 0 Å². The van der Waals surface area contributed by atoms with E-state index in [-0.39, 0.29) is 18.2 Å². The summed E-state index contributed by atoms with van der Waals surface area (Å²) in [7, 11) is 1.72. The van der Waals surface area contributed by atoms with Crippen molar-refractivity contribution < 1.29 is 14.3 Å². The first kappa shape index (κ1) is 18.5. The summed E-state index contributed by atoms with van der Waals surface area (Å²) in [5, 5.41) is 3.71. The smallest absolute Gasteiger partial charge is 0.410 e. The Morgan fingerprint density at radius 1 is 1.22 bits per heavy atom. The molecule has 2 heterocycles. The highest BCUT2D eigenvalue weighted by Crippen LogP contribution is 2.19. The maximum atomic E-state index is 12.3. The molecule has 2 aliphatic heterocycles. The Hall–Kier alpha value is -0.850. The van der Waals surface area contributed by atoms with Crippen molar-refractivity contribution in [3.8, 4) is 0 Å². The van der Waals surface area contributed by atoms with Gasteiger partial charge in [-0.15, -0.1) is 0 Å². The van der Waals surface area contributed by atoms with Crippen molar-refractivity contribution in [3.05, 3.63) is 0 Å². The van der Waals surface area contributed by atoms with Gasteiger partial charge in [0.25, 0.3) is 0 Å². The lowest BCUT2D eigenvalue weighted by atomic mass is 10.0. The molecule has 6 heteroatoms. The van der Waals surface area contributed by atoms with E-state index in [1.807, 2.05) is 20.8 Å². The molecule has 0 radical (unpaired) electrons. The minimum Gasteiger partial charge on any atom is -0.444 e. The van der Waals surface area contributed by atoms with Crippen LogP contribution in [-0.4, -0.2) is 79.5 Å². The highest BCUT2D eigenvalue weighted by Gasteiger charge is 2.38. The Morgan fingerprint density at radius 3 is 2.39 bits per heavy atom. The fraction of sp³-hybridized carbons (Fsp3) is 0.941. The predicted molar refractivity (Wildman–Crippen MR) is 90.7 cm³/mol. The second-order valence-electron chi connectivity index (χ2n) is 7.64. The molecule has 2 aliphatic rings. The van der Waals surface area contributed by atoms with E-state index in [2.05, 4.69) is 17.1 Å². The SMILES string of the molecule is CCN1CCC(NC2CN(C(=O)OC(C)(C)C)C[C@@H]2OC)CC1. The Morgan fingerprint density at radius 2 is 1.87 bits per heavy atom. The molecular weight excluding hydrogens is 294 g/mol. The van der Waals surface area contributed by atoms with Gasteiger partial charge in [-0.2, -0.15) is 0 Å². The van der Waals surface area contributed by atoms with E-state index in [0.29, 0.717) is 19.1 Å². The molecule has 1 N–H and O–H groups in total. The molecule has 2 rings (SSSR count). The van der Waals surface area contributed by atoms with E-state index in [1.54, 1.807) is 12.0 Å². The standard InChI is InChI=1S/C17H33N3O3/c1-6-19-9-7-13(8-10-19)18-14-11-20(12-15(14)22-5)16(21)23-17(2,3)4/h13-15,18H,6-12H2,1-5H3/t14?,15-/m0/s1. The molecule has 1 unspecified atom stereocenters. The molecule has 0 bridgehead atoms. The van der Waals surface area contributed by atoms with Gasteiger partial charge in [-0.05, 0) is 53.2 Å². The van der Waals surface area contributed by atoms with Crippen LogP contribution in [0.3, 0.4) is 0 Å². The van der Waals surface area contributed by atoms with Crippen molar-refractivity contribution in [1.82, 2.24) is 15.1 Å². The van der Waals surface area contributed by atoms with Crippen LogP contribution in [0.25, 0.3) is 0 Å². The van der Waals surface area contributed by atoms with Crippen molar-refractivity contribution in [2.45, 2.75) is 64.3 Å². The topological polar surface area (TPSA) is 54.0 Å². The summed E-state index contributed by atoms with van der Waals surface area (Å²) in [6.45, 7) is 12.6. The Kier molecular flexibility index (Phi) is 6.28. The minimum atomic E-state index is -0.460. The number of carbonyl (C=O) groups excluding carboxylic acids is 1. The van der Waals surface area contributed by atoms with Crippen molar-refractivity contribution in [1.29, 1.82) is 0 Å². The number of hydrogen-bond acceptors (Lipinski definition) is 5. The average molecular weight is 327 g/mol. The molecule has 0 spiro atoms. The number of ether oxygens (including phenoxy) is 2. The lowest BCUT2D eigenvalue weighted by Gasteiger charge is -2.34. The zero-order chi connectivity index (χ0) is 17.0. The molecule has 2 atom stereocenters. The molecule has 6 nitrogen and oxygen atoms in total. The van der Waals surface area contributed by atoms with E-state index in [1.165, 1.54) is 0 Å². The molecule has 0 aromatic heterocycles. The van der Waals surface area contributed by atoms with Crippen LogP contribution >= 0.6 is 0 Å². The van der Waals surface area contributed by atoms with Gasteiger partial charge in [0.05, 0.1) is 18.7 Å². The van der Waals surface area contributed by atoms with Crippen LogP contribution in [0, 0.1) is 0 Å². The van der Waals surface area contributed by atoms with Crippen LogP contribution in [-0.2, 0) is 9.47 Å². The molecule has 2 fully saturated rings. The largest absolute Gasteiger partial charge is 0.444 e. The third-order valence-electron chi connectivity index (χ3n) is 4.71. The summed E-state index contributed by atoms with van der Waals surface area (Å²) in [5.41, 5.74) is -0.460. The third-order valence-corrected chi connectivity index (χ3v) is 4.71. The van der Waals surface area contributed by atoms with Gasteiger partial charge in [-0.3, -0.25) is 0 Å². The summed E-state index contributed by atoms with van der Waals surface area (Å²) in [4.78, 5) is 16.5. The average Bonchev–Trinajstić information content (AvgIpc) is 2.89. The summed E-state index contributed by atoms with van der Waals surface area (Å²) in [5.74, 6) is 0. The van der Waals surface area contributed by atoms with Crippen LogP contribution in [0.5, 0.6) is 0 Å². The fourth-order valence-corrected chi connectivity index (χ4v) is 3.37. The van der Waals surface area contributed by atoms with Crippen LogP contribution in [0.15, 0.2) is 0 Å². The maximum absolute atomic E-state index is 12.3. The zero-order valence-corrected chi connectivity index (χ0v) is 15.3. The lowest BCUT2D eigenvalue weighted by Crippen LogP contribution is -2.50. The fourth-order valence-electron chi connectivity index (χ4n) is 3.37. The number of nitrogens with one attached hydrogen (secondary N) is 1. The van der Waals surface area contributed by atoms with E-state index in [9.17, 15) is 4.79 Å². The van der Waals surface area contributed by atoms with Crippen LogP contribution in [0.2, 0.25) is 0 Å². The molecule has 0 aromatic carbocycles. The summed E-state index contributed by atoms with van der Waals surface area (Å²) in [6, 6.07) is 0.699. The van der Waals surface area contributed by atoms with Crippen LogP contribution in [0.4, 0.5) is 4.79 Å². The molecule has 23 heavy (non-hydrogen) atoms. The quantitative estimate of drug-likeness (QED) is 0.852. The van der Waals surface area contributed by atoms with Gasteiger partial charge in [-0.25, -0.2) is 4.79 Å². The molecule has 134 valence electrons. The van der Waals surface area contributed by atoms with Gasteiger partial charge in [-0.1, -0.05) is 6.92 Å². The first-order valence-corrected chi connectivity index (χ1v) is 8.81. The van der Waals surface area contributed by atoms with Gasteiger partial charge < -0.3 is 24.6 Å². The highest BCUT2D eigenvalue weighted by atomic mass is 16.6. The molecule has 2 saturated heterocycles. The Labute approximate surface area is 140 Å². The second-order valence-corrected chi connectivity index (χ2v) is 7.64. The Balaban J connectivity index is 1.86. The monoisotopic (exact) mass is 327 g/mol. The number of methoxy groups -OCH3 is 1. The minimum absolute atomic E-state index is 0.0340. The van der Waals surface area contributed by atoms with Crippen molar-refractivity contribution in [2.75, 3.05) is 39.8 Å². The first-order valence-electron chi connectivity index (χ1n) is 8.81. The van der Waals surface area contributed by atoms with E-state index in [0.717, 1.165) is 32.5 Å². The third kappa shape index (κ3) is 5.33. The van der Waals surface area contributed by atoms with Crippen molar-refractivity contribution in [2.24, 2.45) is 0 Å². The van der Waals surface area contributed by atoms with Gasteiger partial charge in [0.15, 0.2) is 0 Å². The van der Waals surface area contributed by atoms with Crippen molar-refractivity contribution >= 4 is 6.09 Å².